The second-order valence-electron chi connectivity index (χ2n) is 9.15. The predicted molar refractivity (Wildman–Crippen MR) is 140 cm³/mol. The van der Waals surface area contributed by atoms with Gasteiger partial charge in [-0.15, -0.1) is 0 Å². The molecule has 2 heterocycles. The van der Waals surface area contributed by atoms with Gasteiger partial charge in [-0.2, -0.15) is 0 Å². The molecule has 0 spiro atoms. The molecule has 0 atom stereocenters. The van der Waals surface area contributed by atoms with E-state index in [4.69, 9.17) is 9.47 Å². The predicted octanol–water partition coefficient (Wildman–Crippen LogP) is 5.19. The Morgan fingerprint density at radius 3 is 2.19 bits per heavy atom. The smallest absolute Gasteiger partial charge is 0.341 e. The topological polar surface area (TPSA) is 92.2 Å². The Morgan fingerprint density at radius 2 is 1.57 bits per heavy atom. The molecule has 0 unspecified atom stereocenters. The molecule has 1 N–H and O–H groups in total. The van der Waals surface area contributed by atoms with Crippen LogP contribution in [0.2, 0.25) is 0 Å². The third kappa shape index (κ3) is 7.17. The van der Waals surface area contributed by atoms with Crippen molar-refractivity contribution >= 4 is 11.9 Å². The number of rotatable bonds is 9. The number of hydrogen-bond donors (Lipinski definition) is 1. The van der Waals surface area contributed by atoms with Gasteiger partial charge in [-0.3, -0.25) is 4.79 Å². The number of para-hydroxylation sites is 1. The summed E-state index contributed by atoms with van der Waals surface area (Å²) in [4.78, 5) is 32.7. The molecule has 4 rings (SSSR count). The first-order valence-electron chi connectivity index (χ1n) is 12.2. The number of carbonyl (C=O) groups is 2. The van der Waals surface area contributed by atoms with Crippen molar-refractivity contribution in [3.8, 4) is 23.1 Å². The monoisotopic (exact) mass is 501 g/mol. The molecule has 0 saturated carbocycles. The Hall–Kier alpha value is -4.17. The lowest BCUT2D eigenvalue weighted by Crippen LogP contribution is -2.37. The lowest BCUT2D eigenvalue weighted by atomic mass is 9.92. The number of likely N-dealkylation sites (tertiary alicyclic amines) is 1. The Labute approximate surface area is 216 Å². The fourth-order valence-electron chi connectivity index (χ4n) is 4.10. The summed E-state index contributed by atoms with van der Waals surface area (Å²) in [5.74, 6) is 0.875. The quantitative estimate of drug-likeness (QED) is 0.404. The van der Waals surface area contributed by atoms with Gasteiger partial charge in [0.25, 0.3) is 0 Å². The zero-order valence-corrected chi connectivity index (χ0v) is 21.0. The normalized spacial score (nSPS) is 14.2. The van der Waals surface area contributed by atoms with Gasteiger partial charge >= 0.3 is 5.97 Å². The number of piperidine rings is 1. The molecule has 0 radical (unpaired) electrons. The van der Waals surface area contributed by atoms with Crippen LogP contribution in [0, 0.1) is 0 Å². The molecule has 192 valence electrons. The van der Waals surface area contributed by atoms with Crippen LogP contribution < -0.4 is 9.47 Å². The van der Waals surface area contributed by atoms with Crippen LogP contribution in [0.4, 0.5) is 0 Å². The number of carboxylic acids is 1. The van der Waals surface area contributed by atoms with E-state index in [1.807, 2.05) is 60.3 Å². The van der Waals surface area contributed by atoms with Crippen LogP contribution in [-0.2, 0) is 4.79 Å². The van der Waals surface area contributed by atoms with E-state index in [1.54, 1.807) is 36.4 Å². The zero-order chi connectivity index (χ0) is 26.2. The minimum Gasteiger partial charge on any atom is -0.477 e. The van der Waals surface area contributed by atoms with Crippen LogP contribution in [0.1, 0.15) is 34.8 Å². The van der Waals surface area contributed by atoms with Crippen molar-refractivity contribution in [3.05, 3.63) is 90.1 Å². The summed E-state index contributed by atoms with van der Waals surface area (Å²) in [6.07, 6.45) is 4.99. The Kier molecular flexibility index (Phi) is 8.53. The summed E-state index contributed by atoms with van der Waals surface area (Å²) in [5.41, 5.74) is 0.756. The first-order chi connectivity index (χ1) is 17.9. The minimum atomic E-state index is -1.11. The van der Waals surface area contributed by atoms with Gasteiger partial charge in [-0.1, -0.05) is 24.3 Å². The maximum absolute atomic E-state index is 12.4. The Bertz CT molecular complexity index is 1230. The van der Waals surface area contributed by atoms with Crippen LogP contribution in [0.5, 0.6) is 23.1 Å². The third-order valence-electron chi connectivity index (χ3n) is 6.09. The molecule has 1 aromatic heterocycles. The molecule has 1 amide bonds. The molecule has 37 heavy (non-hydrogen) atoms. The average molecular weight is 502 g/mol. The van der Waals surface area contributed by atoms with Gasteiger partial charge in [0.15, 0.2) is 0 Å². The van der Waals surface area contributed by atoms with E-state index in [2.05, 4.69) is 4.98 Å². The maximum Gasteiger partial charge on any atom is 0.341 e. The molecule has 1 aliphatic rings. The number of benzene rings is 2. The average Bonchev–Trinajstić information content (AvgIpc) is 2.90. The molecule has 8 heteroatoms. The number of likely N-dealkylation sites (N-methyl/N-ethyl adjacent to an activating group) is 1. The summed E-state index contributed by atoms with van der Waals surface area (Å²) in [7, 11) is 3.91. The largest absolute Gasteiger partial charge is 0.477 e. The molecule has 0 bridgehead atoms. The number of amides is 1. The van der Waals surface area contributed by atoms with Crippen molar-refractivity contribution in [2.45, 2.75) is 18.8 Å². The van der Waals surface area contributed by atoms with Crippen molar-refractivity contribution in [1.29, 1.82) is 0 Å². The number of pyridine rings is 1. The maximum atomic E-state index is 12.4. The van der Waals surface area contributed by atoms with Crippen LogP contribution in [0.25, 0.3) is 0 Å². The van der Waals surface area contributed by atoms with Crippen LogP contribution in [-0.4, -0.2) is 65.5 Å². The highest BCUT2D eigenvalue weighted by atomic mass is 16.5. The molecule has 3 aromatic rings. The van der Waals surface area contributed by atoms with Gasteiger partial charge in [-0.25, -0.2) is 9.78 Å². The number of nitrogens with zero attached hydrogens (tertiary/aromatic N) is 3. The lowest BCUT2D eigenvalue weighted by Gasteiger charge is -2.31. The van der Waals surface area contributed by atoms with Crippen molar-refractivity contribution in [2.24, 2.45) is 0 Å². The van der Waals surface area contributed by atoms with Crippen molar-refractivity contribution in [1.82, 2.24) is 14.8 Å². The molecule has 1 saturated heterocycles. The van der Waals surface area contributed by atoms with Crippen molar-refractivity contribution in [2.75, 3.05) is 33.7 Å². The fourth-order valence-corrected chi connectivity index (χ4v) is 4.10. The second kappa shape index (κ2) is 12.2. The summed E-state index contributed by atoms with van der Waals surface area (Å²) in [6, 6.07) is 19.6. The molecular formula is C29H31N3O5. The van der Waals surface area contributed by atoms with Gasteiger partial charge in [0, 0.05) is 37.3 Å². The van der Waals surface area contributed by atoms with E-state index in [-0.39, 0.29) is 23.3 Å². The van der Waals surface area contributed by atoms with Crippen LogP contribution in [0.3, 0.4) is 0 Å². The molecular weight excluding hydrogens is 470 g/mol. The number of hydrogen-bond acceptors (Lipinski definition) is 6. The summed E-state index contributed by atoms with van der Waals surface area (Å²) in [6.45, 7) is 1.96. The molecule has 8 nitrogen and oxygen atoms in total. The fraction of sp³-hybridized carbons (Fsp3) is 0.276. The van der Waals surface area contributed by atoms with Gasteiger partial charge in [0.1, 0.15) is 22.8 Å². The number of aromatic carboxylic acids is 1. The summed E-state index contributed by atoms with van der Waals surface area (Å²) < 4.78 is 11.7. The summed E-state index contributed by atoms with van der Waals surface area (Å²) in [5, 5.41) is 9.66. The number of carboxylic acid groups (broad SMARTS) is 1. The van der Waals surface area contributed by atoms with Crippen LogP contribution >= 0.6 is 0 Å². The molecule has 1 fully saturated rings. The molecule has 1 aliphatic heterocycles. The van der Waals surface area contributed by atoms with Crippen molar-refractivity contribution in [3.63, 3.8) is 0 Å². The van der Waals surface area contributed by atoms with Crippen molar-refractivity contribution < 1.29 is 24.2 Å². The van der Waals surface area contributed by atoms with E-state index in [1.165, 1.54) is 6.07 Å². The Balaban J connectivity index is 1.42. The third-order valence-corrected chi connectivity index (χ3v) is 6.09. The molecule has 2 aromatic carbocycles. The first-order valence-corrected chi connectivity index (χ1v) is 12.2. The number of carbonyl (C=O) groups excluding carboxylic acids is 1. The van der Waals surface area contributed by atoms with Gasteiger partial charge in [0.05, 0.1) is 0 Å². The highest BCUT2D eigenvalue weighted by Gasteiger charge is 2.25. The number of aromatic nitrogens is 1. The highest BCUT2D eigenvalue weighted by Crippen LogP contribution is 2.32. The van der Waals surface area contributed by atoms with Gasteiger partial charge in [-0.05, 0) is 75.5 Å². The summed E-state index contributed by atoms with van der Waals surface area (Å²) >= 11 is 0. The first kappa shape index (κ1) is 25.9. The van der Waals surface area contributed by atoms with Crippen LogP contribution in [0.15, 0.2) is 78.9 Å². The second-order valence-corrected chi connectivity index (χ2v) is 9.15. The van der Waals surface area contributed by atoms with E-state index >= 15 is 0 Å². The Morgan fingerprint density at radius 1 is 0.946 bits per heavy atom. The van der Waals surface area contributed by atoms with E-state index in [0.717, 1.165) is 24.3 Å². The molecule has 0 aliphatic carbocycles. The van der Waals surface area contributed by atoms with Gasteiger partial charge in [0.2, 0.25) is 11.8 Å². The minimum absolute atomic E-state index is 0.00740. The van der Waals surface area contributed by atoms with E-state index in [9.17, 15) is 14.7 Å². The van der Waals surface area contributed by atoms with E-state index < -0.39 is 5.97 Å². The highest BCUT2D eigenvalue weighted by molar-refractivity contribution is 5.90. The lowest BCUT2D eigenvalue weighted by molar-refractivity contribution is -0.127. The zero-order valence-electron chi connectivity index (χ0n) is 21.0. The standard InChI is InChI=1S/C29H31N3O5/c1-31(2)18-6-9-27(33)32-19-16-21(17-20-32)26-15-14-25(29(34)35)28(30-26)37-24-12-10-23(11-13-24)36-22-7-4-3-5-8-22/h3-15,21H,16-20H2,1-2H3,(H,34,35). The van der Waals surface area contributed by atoms with Gasteiger partial charge < -0.3 is 24.4 Å². The SMILES string of the molecule is CN(C)CC=CC(=O)N1CCC(c2ccc(C(=O)O)c(Oc3ccc(Oc4ccccc4)cc3)n2)CC1. The number of ether oxygens (including phenoxy) is 2. The van der Waals surface area contributed by atoms with E-state index in [0.29, 0.717) is 31.1 Å².